The van der Waals surface area contributed by atoms with E-state index in [1.54, 1.807) is 6.92 Å². The summed E-state index contributed by atoms with van der Waals surface area (Å²) in [6, 6.07) is 9.19. The minimum absolute atomic E-state index is 0.0406. The standard InChI is InChI=1S/C26H33F2N3O4S/c1-18-9-7-8-10-20(18)16-30(19(2)26(33)29-21-11-5-4-6-12-21)25(32)17-31(36(3,34)35)22-13-14-23(27)24(28)15-22/h7-10,13-15,19,21H,4-6,11-12,16-17H2,1-3H3,(H,29,33). The number of nitrogens with zero attached hydrogens (tertiary/aromatic N) is 2. The van der Waals surface area contributed by atoms with E-state index in [1.165, 1.54) is 4.90 Å². The Bertz CT molecular complexity index is 1200. The van der Waals surface area contributed by atoms with E-state index >= 15 is 0 Å². The number of aryl methyl sites for hydroxylation is 1. The van der Waals surface area contributed by atoms with Crippen molar-refractivity contribution in [2.24, 2.45) is 0 Å². The number of nitrogens with one attached hydrogen (secondary N) is 1. The zero-order valence-corrected chi connectivity index (χ0v) is 21.7. The van der Waals surface area contributed by atoms with Crippen molar-refractivity contribution in [1.29, 1.82) is 0 Å². The Morgan fingerprint density at radius 1 is 1.06 bits per heavy atom. The van der Waals surface area contributed by atoms with Crippen LogP contribution in [0.3, 0.4) is 0 Å². The van der Waals surface area contributed by atoms with Crippen LogP contribution in [0.4, 0.5) is 14.5 Å². The van der Waals surface area contributed by atoms with E-state index < -0.39 is 40.2 Å². The van der Waals surface area contributed by atoms with E-state index in [9.17, 15) is 26.8 Å². The third kappa shape index (κ3) is 7.02. The molecule has 1 aliphatic rings. The van der Waals surface area contributed by atoms with Crippen LogP contribution < -0.4 is 9.62 Å². The number of carbonyl (C=O) groups is 2. The first-order valence-electron chi connectivity index (χ1n) is 12.0. The molecule has 0 aromatic heterocycles. The van der Waals surface area contributed by atoms with Gasteiger partial charge in [0.1, 0.15) is 12.6 Å². The average Bonchev–Trinajstić information content (AvgIpc) is 2.83. The van der Waals surface area contributed by atoms with Crippen LogP contribution in [0.2, 0.25) is 0 Å². The molecule has 1 unspecified atom stereocenters. The predicted molar refractivity (Wildman–Crippen MR) is 135 cm³/mol. The quantitative estimate of drug-likeness (QED) is 0.542. The molecule has 36 heavy (non-hydrogen) atoms. The van der Waals surface area contributed by atoms with Crippen LogP contribution in [0.5, 0.6) is 0 Å². The van der Waals surface area contributed by atoms with Gasteiger partial charge >= 0.3 is 0 Å². The van der Waals surface area contributed by atoms with E-state index in [-0.39, 0.29) is 24.2 Å². The summed E-state index contributed by atoms with van der Waals surface area (Å²) < 4.78 is 53.1. The highest BCUT2D eigenvalue weighted by Gasteiger charge is 2.31. The van der Waals surface area contributed by atoms with Crippen LogP contribution in [-0.4, -0.2) is 50.0 Å². The molecule has 1 aliphatic carbocycles. The predicted octanol–water partition coefficient (Wildman–Crippen LogP) is 3.91. The van der Waals surface area contributed by atoms with Crippen molar-refractivity contribution in [1.82, 2.24) is 10.2 Å². The average molecular weight is 522 g/mol. The number of amides is 2. The number of hydrogen-bond acceptors (Lipinski definition) is 4. The van der Waals surface area contributed by atoms with Gasteiger partial charge in [-0.2, -0.15) is 0 Å². The summed E-state index contributed by atoms with van der Waals surface area (Å²) in [6.45, 7) is 2.91. The molecule has 0 aliphatic heterocycles. The third-order valence-corrected chi connectivity index (χ3v) is 7.73. The second-order valence-corrected chi connectivity index (χ2v) is 11.2. The van der Waals surface area contributed by atoms with Gasteiger partial charge in [-0.05, 0) is 49.9 Å². The molecule has 0 radical (unpaired) electrons. The lowest BCUT2D eigenvalue weighted by Crippen LogP contribution is -2.53. The summed E-state index contributed by atoms with van der Waals surface area (Å²) in [5.74, 6) is -3.32. The Kier molecular flexibility index (Phi) is 9.05. The maximum absolute atomic E-state index is 13.9. The Balaban J connectivity index is 1.89. The number of carbonyl (C=O) groups excluding carboxylic acids is 2. The third-order valence-electron chi connectivity index (χ3n) is 6.59. The summed E-state index contributed by atoms with van der Waals surface area (Å²) in [4.78, 5) is 28.0. The summed E-state index contributed by atoms with van der Waals surface area (Å²) in [7, 11) is -4.03. The first kappa shape index (κ1) is 27.6. The molecule has 1 fully saturated rings. The summed E-state index contributed by atoms with van der Waals surface area (Å²) in [6.07, 6.45) is 5.83. The highest BCUT2D eigenvalue weighted by molar-refractivity contribution is 7.92. The molecular formula is C26H33F2N3O4S. The van der Waals surface area contributed by atoms with E-state index in [0.29, 0.717) is 4.31 Å². The van der Waals surface area contributed by atoms with Crippen molar-refractivity contribution in [2.75, 3.05) is 17.1 Å². The van der Waals surface area contributed by atoms with Gasteiger partial charge in [0.05, 0.1) is 11.9 Å². The molecule has 1 N–H and O–H groups in total. The zero-order valence-electron chi connectivity index (χ0n) is 20.8. The van der Waals surface area contributed by atoms with E-state index in [2.05, 4.69) is 5.32 Å². The van der Waals surface area contributed by atoms with E-state index in [4.69, 9.17) is 0 Å². The maximum Gasteiger partial charge on any atom is 0.244 e. The van der Waals surface area contributed by atoms with Crippen LogP contribution in [0.1, 0.15) is 50.2 Å². The number of hydrogen-bond donors (Lipinski definition) is 1. The molecule has 0 bridgehead atoms. The van der Waals surface area contributed by atoms with Crippen molar-refractivity contribution in [3.8, 4) is 0 Å². The lowest BCUT2D eigenvalue weighted by molar-refractivity contribution is -0.139. The van der Waals surface area contributed by atoms with Crippen molar-refractivity contribution in [3.05, 3.63) is 65.2 Å². The monoisotopic (exact) mass is 521 g/mol. The molecule has 0 saturated heterocycles. The molecule has 2 aromatic carbocycles. The van der Waals surface area contributed by atoms with Gasteiger partial charge in [0, 0.05) is 18.7 Å². The Morgan fingerprint density at radius 2 is 1.72 bits per heavy atom. The fraction of sp³-hybridized carbons (Fsp3) is 0.462. The highest BCUT2D eigenvalue weighted by atomic mass is 32.2. The van der Waals surface area contributed by atoms with Crippen molar-refractivity contribution >= 4 is 27.5 Å². The topological polar surface area (TPSA) is 86.8 Å². The lowest BCUT2D eigenvalue weighted by Gasteiger charge is -2.33. The van der Waals surface area contributed by atoms with Crippen LogP contribution in [0.15, 0.2) is 42.5 Å². The molecule has 7 nitrogen and oxygen atoms in total. The molecule has 0 heterocycles. The summed E-state index contributed by atoms with van der Waals surface area (Å²) in [5, 5.41) is 3.03. The van der Waals surface area contributed by atoms with Gasteiger partial charge in [0.15, 0.2) is 11.6 Å². The zero-order chi connectivity index (χ0) is 26.5. The van der Waals surface area contributed by atoms with Crippen LogP contribution in [-0.2, 0) is 26.2 Å². The van der Waals surface area contributed by atoms with Crippen LogP contribution >= 0.6 is 0 Å². The van der Waals surface area contributed by atoms with Gasteiger partial charge in [-0.3, -0.25) is 13.9 Å². The number of benzene rings is 2. The smallest absolute Gasteiger partial charge is 0.244 e. The summed E-state index contributed by atoms with van der Waals surface area (Å²) in [5.41, 5.74) is 1.54. The fourth-order valence-corrected chi connectivity index (χ4v) is 5.22. The highest BCUT2D eigenvalue weighted by Crippen LogP contribution is 2.22. The van der Waals surface area contributed by atoms with Gasteiger partial charge in [-0.1, -0.05) is 43.5 Å². The Labute approximate surface area is 211 Å². The number of sulfonamides is 1. The Hall–Kier alpha value is -3.01. The van der Waals surface area contributed by atoms with Crippen LogP contribution in [0, 0.1) is 18.6 Å². The summed E-state index contributed by atoms with van der Waals surface area (Å²) >= 11 is 0. The Morgan fingerprint density at radius 3 is 2.33 bits per heavy atom. The molecule has 0 spiro atoms. The molecule has 2 amide bonds. The van der Waals surface area contributed by atoms with Gasteiger partial charge in [0.2, 0.25) is 21.8 Å². The van der Waals surface area contributed by atoms with Crippen LogP contribution in [0.25, 0.3) is 0 Å². The van der Waals surface area contributed by atoms with Crippen molar-refractivity contribution in [3.63, 3.8) is 0 Å². The van der Waals surface area contributed by atoms with Gasteiger partial charge in [0.25, 0.3) is 0 Å². The maximum atomic E-state index is 13.9. The molecule has 1 saturated carbocycles. The molecule has 196 valence electrons. The lowest BCUT2D eigenvalue weighted by atomic mass is 9.95. The molecule has 3 rings (SSSR count). The normalized spacial score (nSPS) is 15.2. The van der Waals surface area contributed by atoms with Crippen molar-refractivity contribution < 1.29 is 26.8 Å². The second kappa shape index (κ2) is 11.8. The molecule has 2 aromatic rings. The van der Waals surface area contributed by atoms with Gasteiger partial charge < -0.3 is 10.2 Å². The van der Waals surface area contributed by atoms with Crippen molar-refractivity contribution in [2.45, 2.75) is 64.6 Å². The largest absolute Gasteiger partial charge is 0.352 e. The first-order valence-corrected chi connectivity index (χ1v) is 13.9. The second-order valence-electron chi connectivity index (χ2n) is 9.34. The minimum Gasteiger partial charge on any atom is -0.352 e. The van der Waals surface area contributed by atoms with Gasteiger partial charge in [-0.15, -0.1) is 0 Å². The molecular weight excluding hydrogens is 488 g/mol. The SMILES string of the molecule is Cc1ccccc1CN(C(=O)CN(c1ccc(F)c(F)c1)S(C)(=O)=O)C(C)C(=O)NC1CCCCC1. The molecule has 10 heteroatoms. The van der Waals surface area contributed by atoms with E-state index in [0.717, 1.165) is 67.7 Å². The fourth-order valence-electron chi connectivity index (χ4n) is 4.38. The number of anilines is 1. The first-order chi connectivity index (χ1) is 17.0. The van der Waals surface area contributed by atoms with Gasteiger partial charge in [-0.25, -0.2) is 17.2 Å². The molecule has 1 atom stereocenters. The van der Waals surface area contributed by atoms with E-state index in [1.807, 2.05) is 31.2 Å². The number of rotatable bonds is 9. The minimum atomic E-state index is -4.03. The number of halogens is 2.